The summed E-state index contributed by atoms with van der Waals surface area (Å²) in [7, 11) is -3.98. The second-order valence-corrected chi connectivity index (χ2v) is 6.43. The van der Waals surface area contributed by atoms with Crippen molar-refractivity contribution in [2.24, 2.45) is 0 Å². The van der Waals surface area contributed by atoms with E-state index in [1.165, 1.54) is 6.07 Å². The zero-order valence-corrected chi connectivity index (χ0v) is 12.0. The summed E-state index contributed by atoms with van der Waals surface area (Å²) in [4.78, 5) is 0.0586. The van der Waals surface area contributed by atoms with Crippen molar-refractivity contribution < 1.29 is 39.1 Å². The van der Waals surface area contributed by atoms with Crippen LogP contribution in [-0.4, -0.2) is 13.0 Å². The van der Waals surface area contributed by atoms with Gasteiger partial charge in [0.2, 0.25) is 0 Å². The van der Waals surface area contributed by atoms with E-state index in [4.69, 9.17) is 4.55 Å². The Balaban J connectivity index is 3.37. The summed E-state index contributed by atoms with van der Waals surface area (Å²) in [6, 6.07) is 6.49. The molecule has 0 atom stereocenters. The fourth-order valence-electron chi connectivity index (χ4n) is 0.755. The van der Waals surface area contributed by atoms with E-state index in [0.29, 0.717) is 0 Å². The summed E-state index contributed by atoms with van der Waals surface area (Å²) in [5.41, 5.74) is 0. The van der Waals surface area contributed by atoms with Gasteiger partial charge in [0.15, 0.2) is 0 Å². The maximum atomic E-state index is 10.6. The van der Waals surface area contributed by atoms with Crippen LogP contribution in [0, 0.1) is 0 Å². The molecule has 11 heavy (non-hydrogen) atoms. The molecular formula is C6H5HgO3S. The summed E-state index contributed by atoms with van der Waals surface area (Å²) >= 11 is 0.213. The first-order chi connectivity index (χ1) is 5.02. The van der Waals surface area contributed by atoms with Crippen molar-refractivity contribution in [1.82, 2.24) is 0 Å². The van der Waals surface area contributed by atoms with Crippen molar-refractivity contribution in [3.63, 3.8) is 0 Å². The van der Waals surface area contributed by atoms with Crippen LogP contribution in [0.15, 0.2) is 29.2 Å². The van der Waals surface area contributed by atoms with Crippen LogP contribution in [0.4, 0.5) is 0 Å². The monoisotopic (exact) mass is 359 g/mol. The van der Waals surface area contributed by atoms with Crippen LogP contribution in [-0.2, 0) is 36.2 Å². The van der Waals surface area contributed by atoms with Gasteiger partial charge in [-0.15, -0.1) is 0 Å². The summed E-state index contributed by atoms with van der Waals surface area (Å²) in [6.07, 6.45) is 0. The molecule has 0 saturated carbocycles. The number of hydrogen-bond acceptors (Lipinski definition) is 2. The molecule has 0 spiro atoms. The van der Waals surface area contributed by atoms with E-state index in [0.717, 1.165) is 3.07 Å². The number of rotatable bonds is 1. The standard InChI is InChI=1S/C6H5O3S.Hg/c7-10(8,9)6-4-2-1-3-5-6;/h1-4H,(H,7,8,9);. The Morgan fingerprint density at radius 1 is 1.27 bits per heavy atom. The molecule has 1 rings (SSSR count). The van der Waals surface area contributed by atoms with Crippen molar-refractivity contribution in [2.75, 3.05) is 0 Å². The van der Waals surface area contributed by atoms with E-state index in [1.54, 1.807) is 18.2 Å². The molecule has 55 valence electrons. The van der Waals surface area contributed by atoms with Gasteiger partial charge in [-0.1, -0.05) is 0 Å². The Kier molecular flexibility index (Phi) is 2.67. The van der Waals surface area contributed by atoms with Crippen LogP contribution in [0.2, 0.25) is 0 Å². The summed E-state index contributed by atoms with van der Waals surface area (Å²) in [5.74, 6) is 0. The minimum atomic E-state index is -3.98. The molecule has 0 aliphatic carbocycles. The quantitative estimate of drug-likeness (QED) is 0.573. The van der Waals surface area contributed by atoms with E-state index in [1.807, 2.05) is 0 Å². The molecule has 1 aromatic carbocycles. The fourth-order valence-corrected chi connectivity index (χ4v) is 4.52. The molecule has 0 fully saturated rings. The van der Waals surface area contributed by atoms with Crippen molar-refractivity contribution in [3.8, 4) is 0 Å². The molecule has 0 aliphatic rings. The van der Waals surface area contributed by atoms with Crippen LogP contribution < -0.4 is 3.07 Å². The average molecular weight is 358 g/mol. The van der Waals surface area contributed by atoms with Gasteiger partial charge in [-0.05, 0) is 0 Å². The Labute approximate surface area is 81.2 Å². The predicted octanol–water partition coefficient (Wildman–Crippen LogP) is 0.105. The van der Waals surface area contributed by atoms with Crippen LogP contribution >= 0.6 is 0 Å². The van der Waals surface area contributed by atoms with Gasteiger partial charge in [-0.2, -0.15) is 0 Å². The van der Waals surface area contributed by atoms with Crippen LogP contribution in [0.3, 0.4) is 0 Å². The maximum absolute atomic E-state index is 10.6. The van der Waals surface area contributed by atoms with Gasteiger partial charge in [0, 0.05) is 0 Å². The molecule has 0 saturated heterocycles. The van der Waals surface area contributed by atoms with Gasteiger partial charge in [0.1, 0.15) is 0 Å². The zero-order chi connectivity index (χ0) is 8.48. The zero-order valence-electron chi connectivity index (χ0n) is 5.69. The van der Waals surface area contributed by atoms with Crippen molar-refractivity contribution >= 4 is 13.2 Å². The molecule has 0 radical (unpaired) electrons. The SMILES string of the molecule is O=S(=O)(O)c1cccc[c]1[Hg]. The molecule has 0 unspecified atom stereocenters. The first kappa shape index (κ1) is 9.16. The first-order valence-corrected chi connectivity index (χ1v) is 7.09. The molecule has 0 heterocycles. The fraction of sp³-hybridized carbons (Fsp3) is 0. The Hall–Kier alpha value is 0.0651. The molecule has 3 nitrogen and oxygen atoms in total. The molecule has 0 aliphatic heterocycles. The van der Waals surface area contributed by atoms with Gasteiger partial charge in [0.25, 0.3) is 0 Å². The van der Waals surface area contributed by atoms with Gasteiger partial charge in [0.05, 0.1) is 0 Å². The second kappa shape index (κ2) is 3.20. The molecule has 0 amide bonds. The predicted molar refractivity (Wildman–Crippen MR) is 35.9 cm³/mol. The van der Waals surface area contributed by atoms with Gasteiger partial charge in [-0.3, -0.25) is 0 Å². The normalized spacial score (nSPS) is 11.5. The summed E-state index contributed by atoms with van der Waals surface area (Å²) in [5, 5.41) is 0. The Morgan fingerprint density at radius 2 is 1.82 bits per heavy atom. The van der Waals surface area contributed by atoms with E-state index in [2.05, 4.69) is 0 Å². The molecule has 0 bridgehead atoms. The number of hydrogen-bond donors (Lipinski definition) is 1. The number of benzene rings is 1. The summed E-state index contributed by atoms with van der Waals surface area (Å²) in [6.45, 7) is 0. The molecule has 5 heteroatoms. The Morgan fingerprint density at radius 3 is 2.18 bits per heavy atom. The first-order valence-electron chi connectivity index (χ1n) is 2.90. The molecule has 0 aromatic heterocycles. The second-order valence-electron chi connectivity index (χ2n) is 2.08. The summed E-state index contributed by atoms with van der Waals surface area (Å²) < 4.78 is 30.7. The molecule has 1 N–H and O–H groups in total. The van der Waals surface area contributed by atoms with Gasteiger partial charge < -0.3 is 0 Å². The van der Waals surface area contributed by atoms with Crippen LogP contribution in [0.1, 0.15) is 0 Å². The average Bonchev–Trinajstić information content (AvgIpc) is 1.86. The van der Waals surface area contributed by atoms with Gasteiger partial charge >= 0.3 is 81.4 Å². The van der Waals surface area contributed by atoms with E-state index >= 15 is 0 Å². The van der Waals surface area contributed by atoms with E-state index < -0.39 is 10.1 Å². The van der Waals surface area contributed by atoms with Gasteiger partial charge in [-0.25, -0.2) is 0 Å². The van der Waals surface area contributed by atoms with E-state index in [9.17, 15) is 8.42 Å². The molecule has 1 aromatic rings. The topological polar surface area (TPSA) is 54.4 Å². The van der Waals surface area contributed by atoms with Crippen LogP contribution in [0.25, 0.3) is 0 Å². The van der Waals surface area contributed by atoms with Crippen LogP contribution in [0.5, 0.6) is 0 Å². The third-order valence-electron chi connectivity index (χ3n) is 1.25. The van der Waals surface area contributed by atoms with Crippen molar-refractivity contribution in [3.05, 3.63) is 24.3 Å². The minimum absolute atomic E-state index is 0.0586. The molecular weight excluding hydrogens is 353 g/mol. The van der Waals surface area contributed by atoms with Crippen molar-refractivity contribution in [1.29, 1.82) is 0 Å². The van der Waals surface area contributed by atoms with E-state index in [-0.39, 0.29) is 31.0 Å². The third kappa shape index (κ3) is 2.25. The Bertz CT molecular complexity index is 358. The van der Waals surface area contributed by atoms with Crippen molar-refractivity contribution in [2.45, 2.75) is 4.90 Å². The third-order valence-corrected chi connectivity index (χ3v) is 5.60.